The molecule has 2 N–H and O–H groups in total. The van der Waals surface area contributed by atoms with Gasteiger partial charge in [-0.2, -0.15) is 0 Å². The molecule has 0 spiro atoms. The molecule has 2 bridgehead atoms. The minimum absolute atomic E-state index is 0.0243. The van der Waals surface area contributed by atoms with Crippen molar-refractivity contribution in [2.75, 3.05) is 38.5 Å². The van der Waals surface area contributed by atoms with Gasteiger partial charge in [-0.3, -0.25) is 14.4 Å². The lowest BCUT2D eigenvalue weighted by molar-refractivity contribution is -0.157. The van der Waals surface area contributed by atoms with Gasteiger partial charge in [-0.15, -0.1) is 0 Å². The molecule has 1 saturated heterocycles. The van der Waals surface area contributed by atoms with Crippen molar-refractivity contribution >= 4 is 33.4 Å². The molecule has 14 heteroatoms. The lowest BCUT2D eigenvalue weighted by Crippen LogP contribution is -2.50. The summed E-state index contributed by atoms with van der Waals surface area (Å²) in [6, 6.07) is -1.44. The van der Waals surface area contributed by atoms with E-state index in [0.29, 0.717) is 18.7 Å². The number of carbonyl (C=O) groups is 4. The molecule has 48 heavy (non-hydrogen) atoms. The minimum atomic E-state index is -3.87. The van der Waals surface area contributed by atoms with E-state index in [-0.39, 0.29) is 73.8 Å². The Kier molecular flexibility index (Phi) is 14.3. The number of cyclic esters (lactones) is 1. The van der Waals surface area contributed by atoms with Crippen LogP contribution in [0.4, 0.5) is 0 Å². The van der Waals surface area contributed by atoms with Gasteiger partial charge in [-0.25, -0.2) is 18.2 Å². The Balaban J connectivity index is 2.00. The van der Waals surface area contributed by atoms with Gasteiger partial charge in [0.15, 0.2) is 15.5 Å². The predicted octanol–water partition coefficient (Wildman–Crippen LogP) is 2.27. The predicted molar refractivity (Wildman–Crippen MR) is 180 cm³/mol. The summed E-state index contributed by atoms with van der Waals surface area (Å²) in [7, 11) is -3.87. The zero-order valence-corrected chi connectivity index (χ0v) is 29.6. The fraction of sp³-hybridized carbons (Fsp3) is 0.618. The van der Waals surface area contributed by atoms with Crippen LogP contribution in [0.25, 0.3) is 0 Å². The average Bonchev–Trinajstić information content (AvgIpc) is 3.68. The van der Waals surface area contributed by atoms with Crippen LogP contribution >= 0.6 is 0 Å². The highest BCUT2D eigenvalue weighted by Crippen LogP contribution is 2.30. The first-order valence-electron chi connectivity index (χ1n) is 16.6. The summed E-state index contributed by atoms with van der Waals surface area (Å²) in [6.07, 6.45) is 6.68. The third kappa shape index (κ3) is 10.7. The monoisotopic (exact) mass is 690 g/mol. The van der Waals surface area contributed by atoms with E-state index in [4.69, 9.17) is 9.15 Å². The number of hydrogen-bond donors (Lipinski definition) is 2. The zero-order valence-electron chi connectivity index (χ0n) is 28.8. The standard InChI is InChI=1S/C34H50N4O9S/c1-7-37(8-2)16-17-48(44,45)28-13-15-38-31(28)34(43)47-32(22(3)4)24(6)11-12-29(41)35-14-9-10-23(5)18-25(39)19-26(40)20-30-36-27(21-46-30)33(38)42/h9-12,18,21-22,24-25,28,31-32,39H,7-8,13-17,19-20H2,1-6H3,(H,35,41)/b10-9+,12-11+,23-18+/t24-,25-,28-,31+,32-/m1/s1. The number of sulfone groups is 1. The number of ether oxygens (including phenoxy) is 1. The third-order valence-corrected chi connectivity index (χ3v) is 10.8. The van der Waals surface area contributed by atoms with Crippen LogP contribution in [-0.4, -0.2) is 114 Å². The number of allylic oxidation sites excluding steroid dienone is 2. The number of amides is 2. The van der Waals surface area contributed by atoms with Crippen LogP contribution in [0.3, 0.4) is 0 Å². The number of carbonyl (C=O) groups excluding carboxylic acids is 4. The molecule has 0 radical (unpaired) electrons. The Morgan fingerprint density at radius 1 is 1.15 bits per heavy atom. The molecular weight excluding hydrogens is 640 g/mol. The summed E-state index contributed by atoms with van der Waals surface area (Å²) in [5.41, 5.74) is 0.505. The zero-order chi connectivity index (χ0) is 35.6. The van der Waals surface area contributed by atoms with Crippen molar-refractivity contribution < 1.29 is 41.9 Å². The van der Waals surface area contributed by atoms with Gasteiger partial charge < -0.3 is 29.4 Å². The van der Waals surface area contributed by atoms with Gasteiger partial charge in [0, 0.05) is 32.0 Å². The molecule has 1 fully saturated rings. The molecule has 0 aliphatic carbocycles. The molecule has 3 heterocycles. The fourth-order valence-electron chi connectivity index (χ4n) is 5.99. The number of esters is 1. The minimum Gasteiger partial charge on any atom is -0.460 e. The normalized spacial score (nSPS) is 28.1. The summed E-state index contributed by atoms with van der Waals surface area (Å²) in [5.74, 6) is -3.23. The largest absolute Gasteiger partial charge is 0.460 e. The van der Waals surface area contributed by atoms with Crippen molar-refractivity contribution in [2.45, 2.75) is 84.3 Å². The molecule has 1 aromatic heterocycles. The first-order chi connectivity index (χ1) is 22.7. The van der Waals surface area contributed by atoms with Crippen molar-refractivity contribution in [2.24, 2.45) is 11.8 Å². The van der Waals surface area contributed by atoms with Crippen LogP contribution in [0.1, 0.15) is 70.8 Å². The van der Waals surface area contributed by atoms with Gasteiger partial charge in [-0.1, -0.05) is 64.5 Å². The summed E-state index contributed by atoms with van der Waals surface area (Å²) in [5, 5.41) is 11.9. The van der Waals surface area contributed by atoms with Gasteiger partial charge in [0.05, 0.1) is 23.5 Å². The first-order valence-corrected chi connectivity index (χ1v) is 18.3. The van der Waals surface area contributed by atoms with E-state index in [1.165, 1.54) is 12.2 Å². The van der Waals surface area contributed by atoms with Gasteiger partial charge in [0.25, 0.3) is 5.91 Å². The Hall–Kier alpha value is -3.62. The molecule has 2 aliphatic heterocycles. The number of aromatic nitrogens is 1. The highest BCUT2D eigenvalue weighted by molar-refractivity contribution is 7.92. The Labute approximate surface area is 283 Å². The van der Waals surface area contributed by atoms with E-state index in [9.17, 15) is 32.7 Å². The second-order valence-corrected chi connectivity index (χ2v) is 15.0. The maximum absolute atomic E-state index is 14.0. The number of aliphatic hydroxyl groups excluding tert-OH is 1. The Morgan fingerprint density at radius 3 is 2.52 bits per heavy atom. The van der Waals surface area contributed by atoms with Crippen LogP contribution in [0.2, 0.25) is 0 Å². The van der Waals surface area contributed by atoms with Gasteiger partial charge in [0.1, 0.15) is 24.2 Å². The number of nitrogens with zero attached hydrogens (tertiary/aromatic N) is 3. The number of hydrogen-bond acceptors (Lipinski definition) is 11. The second-order valence-electron chi connectivity index (χ2n) is 12.7. The molecule has 1 aromatic rings. The quantitative estimate of drug-likeness (QED) is 0.402. The van der Waals surface area contributed by atoms with E-state index in [0.717, 1.165) is 11.2 Å². The van der Waals surface area contributed by atoms with Crippen LogP contribution in [0.15, 0.2) is 46.6 Å². The van der Waals surface area contributed by atoms with E-state index in [1.54, 1.807) is 32.1 Å². The highest BCUT2D eigenvalue weighted by atomic mass is 32.2. The van der Waals surface area contributed by atoms with Crippen LogP contribution < -0.4 is 5.32 Å². The number of Topliss-reactive ketones (excluding diaryl/α,β-unsaturated/α-hetero) is 1. The van der Waals surface area contributed by atoms with E-state index in [2.05, 4.69) is 10.3 Å². The van der Waals surface area contributed by atoms with E-state index in [1.807, 2.05) is 32.6 Å². The van der Waals surface area contributed by atoms with Crippen molar-refractivity contribution in [3.8, 4) is 0 Å². The molecule has 2 amide bonds. The third-order valence-electron chi connectivity index (χ3n) is 8.66. The number of ketones is 1. The summed E-state index contributed by atoms with van der Waals surface area (Å²) >= 11 is 0. The van der Waals surface area contributed by atoms with Gasteiger partial charge in [-0.05, 0) is 38.4 Å². The van der Waals surface area contributed by atoms with Crippen LogP contribution in [0, 0.1) is 11.8 Å². The van der Waals surface area contributed by atoms with Crippen molar-refractivity contribution in [1.82, 2.24) is 20.1 Å². The maximum Gasteiger partial charge on any atom is 0.330 e. The van der Waals surface area contributed by atoms with Crippen molar-refractivity contribution in [3.05, 3.63) is 53.8 Å². The Bertz CT molecular complexity index is 1490. The number of rotatable bonds is 7. The molecular formula is C34H50N4O9S. The molecule has 0 aromatic carbocycles. The van der Waals surface area contributed by atoms with E-state index < -0.39 is 51.1 Å². The van der Waals surface area contributed by atoms with Gasteiger partial charge >= 0.3 is 5.97 Å². The Morgan fingerprint density at radius 2 is 1.85 bits per heavy atom. The SMILES string of the molecule is CCN(CC)CCS(=O)(=O)[C@@H]1CCN2C(=O)c3coc(n3)CC(=O)C[C@H](O)/C=C(C)/C=C/CNC(=O)/C=C/[C@@H](C)[C@@H](C(C)C)OC(=O)[C@H]12. The van der Waals surface area contributed by atoms with E-state index >= 15 is 0 Å². The molecule has 266 valence electrons. The summed E-state index contributed by atoms with van der Waals surface area (Å²) in [4.78, 5) is 60.3. The molecule has 13 nitrogen and oxygen atoms in total. The highest BCUT2D eigenvalue weighted by Gasteiger charge is 2.50. The van der Waals surface area contributed by atoms with Crippen LogP contribution in [0.5, 0.6) is 0 Å². The molecule has 5 atom stereocenters. The van der Waals surface area contributed by atoms with Crippen molar-refractivity contribution in [1.29, 1.82) is 0 Å². The average molecular weight is 691 g/mol. The second kappa shape index (κ2) is 17.7. The maximum atomic E-state index is 14.0. The molecule has 0 unspecified atom stereocenters. The molecule has 0 saturated carbocycles. The van der Waals surface area contributed by atoms with Crippen molar-refractivity contribution in [3.63, 3.8) is 0 Å². The fourth-order valence-corrected chi connectivity index (χ4v) is 7.92. The summed E-state index contributed by atoms with van der Waals surface area (Å²) in [6.45, 7) is 12.9. The molecule has 2 aliphatic rings. The summed E-state index contributed by atoms with van der Waals surface area (Å²) < 4.78 is 38.9. The topological polar surface area (TPSA) is 176 Å². The van der Waals surface area contributed by atoms with Gasteiger partial charge in [0.2, 0.25) is 11.8 Å². The molecule has 3 rings (SSSR count). The number of nitrogens with one attached hydrogen (secondary N) is 1. The van der Waals surface area contributed by atoms with Crippen LogP contribution in [-0.2, 0) is 35.4 Å². The number of fused-ring (bicyclic) bond motifs is 3. The lowest BCUT2D eigenvalue weighted by atomic mass is 9.94. The smallest absolute Gasteiger partial charge is 0.330 e. The first kappa shape index (κ1) is 38.8. The number of aliphatic hydroxyl groups is 1. The number of oxazole rings is 1. The lowest BCUT2D eigenvalue weighted by Gasteiger charge is -2.31.